The maximum absolute atomic E-state index is 14.4. The number of nitrogens with zero attached hydrogens (tertiary/aromatic N) is 3. The number of hydrogen-bond donors (Lipinski definition) is 2. The maximum Gasteiger partial charge on any atom is 0.315 e. The van der Waals surface area contributed by atoms with Crippen molar-refractivity contribution in [3.8, 4) is 5.75 Å². The molecule has 9 nitrogen and oxygen atoms in total. The van der Waals surface area contributed by atoms with Crippen LogP contribution in [-0.4, -0.2) is 38.9 Å². The second kappa shape index (κ2) is 5.93. The first kappa shape index (κ1) is 19.4. The minimum absolute atomic E-state index is 0.0665. The van der Waals surface area contributed by atoms with Gasteiger partial charge in [-0.2, -0.15) is 5.10 Å². The van der Waals surface area contributed by atoms with Crippen LogP contribution in [0.15, 0.2) is 30.5 Å². The van der Waals surface area contributed by atoms with Gasteiger partial charge >= 0.3 is 5.97 Å². The summed E-state index contributed by atoms with van der Waals surface area (Å²) in [5.74, 6) is 4.75. The summed E-state index contributed by atoms with van der Waals surface area (Å²) in [5.41, 5.74) is 1.70. The van der Waals surface area contributed by atoms with Gasteiger partial charge in [0.25, 0.3) is 11.8 Å². The Hall–Kier alpha value is -3.82. The summed E-state index contributed by atoms with van der Waals surface area (Å²) in [6.45, 7) is 0.815. The summed E-state index contributed by atoms with van der Waals surface area (Å²) in [6.07, 6.45) is 1.19. The molecule has 0 spiro atoms. The molecule has 3 aromatic rings. The molecule has 1 aromatic carbocycles. The third-order valence-electron chi connectivity index (χ3n) is 10.3. The van der Waals surface area contributed by atoms with Crippen LogP contribution in [0.3, 0.4) is 0 Å². The van der Waals surface area contributed by atoms with E-state index in [1.54, 1.807) is 18.2 Å². The highest BCUT2D eigenvalue weighted by molar-refractivity contribution is 5.98. The topological polar surface area (TPSA) is 115 Å². The van der Waals surface area contributed by atoms with Gasteiger partial charge in [-0.05, 0) is 64.5 Å². The van der Waals surface area contributed by atoms with Crippen LogP contribution < -0.4 is 15.4 Å². The molecule has 0 atom stereocenters. The van der Waals surface area contributed by atoms with Crippen LogP contribution >= 0.6 is 0 Å². The van der Waals surface area contributed by atoms with Crippen molar-refractivity contribution in [3.63, 3.8) is 0 Å². The fourth-order valence-corrected chi connectivity index (χ4v) is 9.13. The van der Waals surface area contributed by atoms with E-state index in [0.29, 0.717) is 17.7 Å². The highest BCUT2D eigenvalue weighted by atomic mass is 19.1. The first-order valence-corrected chi connectivity index (χ1v) is 12.4. The number of aromatic nitrogens is 3. The van der Waals surface area contributed by atoms with E-state index in [1.165, 1.54) is 6.07 Å². The fourth-order valence-electron chi connectivity index (χ4n) is 9.13. The van der Waals surface area contributed by atoms with Crippen molar-refractivity contribution in [2.45, 2.75) is 13.0 Å². The zero-order chi connectivity index (χ0) is 24.1. The number of amides is 2. The van der Waals surface area contributed by atoms with Gasteiger partial charge in [0.1, 0.15) is 17.1 Å². The van der Waals surface area contributed by atoms with Crippen molar-refractivity contribution in [1.29, 1.82) is 0 Å². The van der Waals surface area contributed by atoms with Gasteiger partial charge in [-0.15, -0.1) is 0 Å². The molecule has 6 saturated carbocycles. The molecule has 2 amide bonds. The lowest BCUT2D eigenvalue weighted by molar-refractivity contribution is -0.612. The third-order valence-corrected chi connectivity index (χ3v) is 10.3. The van der Waals surface area contributed by atoms with Gasteiger partial charge in [-0.25, -0.2) is 13.9 Å². The molecule has 6 aliphatic carbocycles. The van der Waals surface area contributed by atoms with Crippen LogP contribution in [0, 0.1) is 52.7 Å². The van der Waals surface area contributed by atoms with E-state index in [9.17, 15) is 18.8 Å². The van der Waals surface area contributed by atoms with Gasteiger partial charge in [0.05, 0.1) is 12.6 Å². The second-order valence-corrected chi connectivity index (χ2v) is 11.2. The second-order valence-electron chi connectivity index (χ2n) is 11.2. The molecule has 2 aromatic heterocycles. The van der Waals surface area contributed by atoms with Crippen LogP contribution in [0.2, 0.25) is 0 Å². The zero-order valence-electron chi connectivity index (χ0n) is 18.9. The van der Waals surface area contributed by atoms with Crippen molar-refractivity contribution in [1.82, 2.24) is 25.2 Å². The summed E-state index contributed by atoms with van der Waals surface area (Å²) in [4.78, 5) is 41.7. The SMILES string of the molecule is O=C1Cc2cc(CNC(=O)c3cc(C(=O)NCC45C6C7C8C6C4C8C75)n4ncc(F)c4n3)ccc2O1. The van der Waals surface area contributed by atoms with Gasteiger partial charge in [0.2, 0.25) is 0 Å². The Balaban J connectivity index is 0.948. The van der Waals surface area contributed by atoms with E-state index < -0.39 is 11.7 Å². The van der Waals surface area contributed by atoms with Crippen molar-refractivity contribution >= 4 is 23.4 Å². The van der Waals surface area contributed by atoms with E-state index in [1.807, 2.05) is 0 Å². The molecule has 180 valence electrons. The van der Waals surface area contributed by atoms with E-state index in [0.717, 1.165) is 63.3 Å². The first-order valence-electron chi connectivity index (χ1n) is 12.4. The largest absolute Gasteiger partial charge is 0.426 e. The predicted octanol–water partition coefficient (Wildman–Crippen LogP) is 1.36. The average molecular weight is 485 g/mol. The van der Waals surface area contributed by atoms with Crippen LogP contribution in [-0.2, 0) is 17.8 Å². The van der Waals surface area contributed by atoms with E-state index in [-0.39, 0.29) is 41.9 Å². The van der Waals surface area contributed by atoms with Gasteiger partial charge < -0.3 is 15.4 Å². The Morgan fingerprint density at radius 2 is 1.86 bits per heavy atom. The van der Waals surface area contributed by atoms with E-state index >= 15 is 0 Å². The Morgan fingerprint density at radius 3 is 2.64 bits per heavy atom. The summed E-state index contributed by atoms with van der Waals surface area (Å²) in [5, 5.41) is 9.80. The molecule has 2 N–H and O–H groups in total. The van der Waals surface area contributed by atoms with Crippen LogP contribution in [0.25, 0.3) is 5.65 Å². The number of esters is 1. The monoisotopic (exact) mass is 485 g/mol. The third kappa shape index (κ3) is 1.94. The number of carbonyl (C=O) groups excluding carboxylic acids is 3. The Labute approximate surface area is 203 Å². The average Bonchev–Trinajstić information content (AvgIpc) is 3.46. The Kier molecular flexibility index (Phi) is 3.19. The highest BCUT2D eigenvalue weighted by Gasteiger charge is 3.03. The van der Waals surface area contributed by atoms with Gasteiger partial charge in [-0.3, -0.25) is 14.4 Å². The van der Waals surface area contributed by atoms with Gasteiger partial charge in [0, 0.05) is 24.7 Å². The van der Waals surface area contributed by atoms with Crippen LogP contribution in [0.4, 0.5) is 4.39 Å². The molecular formula is C26H20FN5O4. The molecule has 3 heterocycles. The molecule has 6 fully saturated rings. The number of hydrogen-bond acceptors (Lipinski definition) is 6. The maximum atomic E-state index is 14.4. The molecule has 10 rings (SSSR count). The van der Waals surface area contributed by atoms with Gasteiger partial charge in [0.15, 0.2) is 11.5 Å². The lowest BCUT2D eigenvalue weighted by atomic mass is 8.96. The van der Waals surface area contributed by atoms with E-state index in [4.69, 9.17) is 4.74 Å². The number of rotatable bonds is 6. The smallest absolute Gasteiger partial charge is 0.315 e. The van der Waals surface area contributed by atoms with Crippen molar-refractivity contribution < 1.29 is 23.5 Å². The minimum atomic E-state index is -0.705. The molecule has 0 saturated heterocycles. The standard InChI is InChI=1S/C26H20FN5O4/c27-11-7-30-32-13(25(35)29-8-26-20-17-16-18(20)22(26)19(16)21(17)26)5-12(31-23(11)32)24(34)28-6-9-1-2-14-10(3-9)4-15(33)36-14/h1-3,5,7,16-22H,4,6,8H2,(H,28,34)(H,29,35). The molecular weight excluding hydrogens is 465 g/mol. The van der Waals surface area contributed by atoms with Crippen LogP contribution in [0.5, 0.6) is 5.75 Å². The molecule has 0 radical (unpaired) electrons. The summed E-state index contributed by atoms with van der Waals surface area (Å²) < 4.78 is 20.6. The normalized spacial score (nSPS) is 36.4. The Bertz CT molecular complexity index is 1550. The summed E-state index contributed by atoms with van der Waals surface area (Å²) in [6, 6.07) is 6.61. The molecule has 0 unspecified atom stereocenters. The number of ether oxygens (including phenoxy) is 1. The summed E-state index contributed by atoms with van der Waals surface area (Å²) in [7, 11) is 0. The number of carbonyl (C=O) groups is 3. The lowest BCUT2D eigenvalue weighted by Gasteiger charge is -3.08. The molecule has 0 bridgehead atoms. The van der Waals surface area contributed by atoms with Crippen LogP contribution in [0.1, 0.15) is 32.1 Å². The Morgan fingerprint density at radius 1 is 1.08 bits per heavy atom. The molecule has 7 aliphatic rings. The van der Waals surface area contributed by atoms with E-state index in [2.05, 4.69) is 20.7 Å². The molecule has 36 heavy (non-hydrogen) atoms. The quantitative estimate of drug-likeness (QED) is 0.403. The molecule has 1 aliphatic heterocycles. The minimum Gasteiger partial charge on any atom is -0.426 e. The fraction of sp³-hybridized carbons (Fsp3) is 0.423. The number of nitrogens with one attached hydrogen (secondary N) is 2. The van der Waals surface area contributed by atoms with Crippen molar-refractivity contribution in [2.75, 3.05) is 6.54 Å². The number of halogens is 1. The number of benzene rings is 1. The first-order chi connectivity index (χ1) is 17.5. The van der Waals surface area contributed by atoms with Gasteiger partial charge in [-0.1, -0.05) is 6.07 Å². The highest BCUT2D eigenvalue weighted by Crippen LogP contribution is 3.05. The summed E-state index contributed by atoms with van der Waals surface area (Å²) >= 11 is 0. The zero-order valence-corrected chi connectivity index (χ0v) is 18.9. The molecule has 10 heteroatoms. The van der Waals surface area contributed by atoms with Crippen molar-refractivity contribution in [3.05, 3.63) is 58.8 Å². The lowest BCUT2D eigenvalue weighted by Crippen LogP contribution is -3.06. The predicted molar refractivity (Wildman–Crippen MR) is 119 cm³/mol. The number of fused-ring (bicyclic) bond motifs is 2. The van der Waals surface area contributed by atoms with Crippen molar-refractivity contribution in [2.24, 2.45) is 46.8 Å².